The molecule has 0 bridgehead atoms. The fourth-order valence-electron chi connectivity index (χ4n) is 2.25. The van der Waals surface area contributed by atoms with Gasteiger partial charge in [0, 0.05) is 0 Å². The van der Waals surface area contributed by atoms with Gasteiger partial charge < -0.3 is 0 Å². The highest BCUT2D eigenvalue weighted by Gasteiger charge is 2.37. The molecule has 0 amide bonds. The first-order valence-corrected chi connectivity index (χ1v) is 5.75. The summed E-state index contributed by atoms with van der Waals surface area (Å²) >= 11 is 0. The van der Waals surface area contributed by atoms with Gasteiger partial charge in [0.2, 0.25) is 0 Å². The van der Waals surface area contributed by atoms with Crippen LogP contribution in [0, 0.1) is 17.8 Å². The number of hydrogen-bond acceptors (Lipinski definition) is 0. The van der Waals surface area contributed by atoms with Crippen molar-refractivity contribution in [3.8, 4) is 0 Å². The molecule has 1 aliphatic rings. The fraction of sp³-hybridized carbons (Fsp3) is 1.00. The summed E-state index contributed by atoms with van der Waals surface area (Å²) in [5, 5.41) is 0. The van der Waals surface area contributed by atoms with E-state index in [2.05, 4.69) is 20.8 Å². The highest BCUT2D eigenvalue weighted by molar-refractivity contribution is 4.87. The Bertz CT molecular complexity index is 115. The van der Waals surface area contributed by atoms with Gasteiger partial charge in [0.05, 0.1) is 0 Å². The van der Waals surface area contributed by atoms with Gasteiger partial charge in [0.15, 0.2) is 0 Å². The Morgan fingerprint density at radius 3 is 2.42 bits per heavy atom. The summed E-state index contributed by atoms with van der Waals surface area (Å²) in [4.78, 5) is 0. The van der Waals surface area contributed by atoms with Crippen LogP contribution in [0.4, 0.5) is 0 Å². The lowest BCUT2D eigenvalue weighted by Crippen LogP contribution is -1.92. The third-order valence-corrected chi connectivity index (χ3v) is 3.26. The normalized spacial score (nSPS) is 28.0. The molecular weight excluding hydrogens is 144 g/mol. The van der Waals surface area contributed by atoms with Gasteiger partial charge in [-0.1, -0.05) is 52.9 Å². The molecular formula is C12H24. The molecule has 0 nitrogen and oxygen atoms in total. The highest BCUT2D eigenvalue weighted by Crippen LogP contribution is 2.47. The predicted molar refractivity (Wildman–Crippen MR) is 55.2 cm³/mol. The second kappa shape index (κ2) is 4.89. The van der Waals surface area contributed by atoms with Crippen molar-refractivity contribution in [1.82, 2.24) is 0 Å². The molecule has 0 aliphatic heterocycles. The minimum atomic E-state index is 0.946. The van der Waals surface area contributed by atoms with Crippen LogP contribution in [0.25, 0.3) is 0 Å². The molecule has 0 aromatic carbocycles. The Balaban J connectivity index is 1.90. The van der Waals surface area contributed by atoms with Gasteiger partial charge in [-0.05, 0) is 24.2 Å². The van der Waals surface area contributed by atoms with E-state index in [0.29, 0.717) is 0 Å². The lowest BCUT2D eigenvalue weighted by atomic mass is 10.0. The van der Waals surface area contributed by atoms with Gasteiger partial charge in [0.1, 0.15) is 0 Å². The Morgan fingerprint density at radius 2 is 1.92 bits per heavy atom. The van der Waals surface area contributed by atoms with Crippen LogP contribution in [0.15, 0.2) is 0 Å². The molecule has 1 aliphatic carbocycles. The van der Waals surface area contributed by atoms with Gasteiger partial charge in [-0.2, -0.15) is 0 Å². The fourth-order valence-corrected chi connectivity index (χ4v) is 2.25. The van der Waals surface area contributed by atoms with Crippen LogP contribution in [0.2, 0.25) is 0 Å². The number of hydrogen-bond donors (Lipinski definition) is 0. The first-order valence-electron chi connectivity index (χ1n) is 5.75. The average molecular weight is 168 g/mol. The maximum atomic E-state index is 2.37. The van der Waals surface area contributed by atoms with Gasteiger partial charge >= 0.3 is 0 Å². The monoisotopic (exact) mass is 168 g/mol. The van der Waals surface area contributed by atoms with Crippen molar-refractivity contribution in [2.45, 2.75) is 59.3 Å². The zero-order valence-electron chi connectivity index (χ0n) is 8.97. The first-order chi connectivity index (χ1) is 5.75. The first kappa shape index (κ1) is 10.1. The molecule has 0 heteroatoms. The lowest BCUT2D eigenvalue weighted by molar-refractivity contribution is 0.486. The summed E-state index contributed by atoms with van der Waals surface area (Å²) in [7, 11) is 0. The van der Waals surface area contributed by atoms with Crippen molar-refractivity contribution in [2.75, 3.05) is 0 Å². The van der Waals surface area contributed by atoms with Crippen molar-refractivity contribution >= 4 is 0 Å². The van der Waals surface area contributed by atoms with Crippen LogP contribution in [-0.2, 0) is 0 Å². The van der Waals surface area contributed by atoms with Crippen molar-refractivity contribution in [3.05, 3.63) is 0 Å². The third kappa shape index (κ3) is 3.16. The minimum absolute atomic E-state index is 0.946. The average Bonchev–Trinajstić information content (AvgIpc) is 2.77. The number of rotatable bonds is 6. The van der Waals surface area contributed by atoms with Crippen LogP contribution < -0.4 is 0 Å². The second-order valence-electron chi connectivity index (χ2n) is 4.75. The van der Waals surface area contributed by atoms with E-state index >= 15 is 0 Å². The Hall–Kier alpha value is 0. The predicted octanol–water partition coefficient (Wildman–Crippen LogP) is 4.25. The molecule has 0 heterocycles. The second-order valence-corrected chi connectivity index (χ2v) is 4.75. The third-order valence-electron chi connectivity index (χ3n) is 3.26. The molecule has 72 valence electrons. The van der Waals surface area contributed by atoms with Crippen LogP contribution in [-0.4, -0.2) is 0 Å². The van der Waals surface area contributed by atoms with E-state index in [1.54, 1.807) is 0 Å². The van der Waals surface area contributed by atoms with Crippen molar-refractivity contribution in [1.29, 1.82) is 0 Å². The van der Waals surface area contributed by atoms with Crippen LogP contribution in [0.3, 0.4) is 0 Å². The molecule has 2 atom stereocenters. The van der Waals surface area contributed by atoms with Gasteiger partial charge in [-0.15, -0.1) is 0 Å². The summed E-state index contributed by atoms with van der Waals surface area (Å²) in [6, 6.07) is 0. The summed E-state index contributed by atoms with van der Waals surface area (Å²) in [5.74, 6) is 3.15. The zero-order chi connectivity index (χ0) is 8.97. The van der Waals surface area contributed by atoms with Crippen LogP contribution >= 0.6 is 0 Å². The van der Waals surface area contributed by atoms with Crippen molar-refractivity contribution in [3.63, 3.8) is 0 Å². The topological polar surface area (TPSA) is 0 Å². The molecule has 0 aromatic heterocycles. The lowest BCUT2D eigenvalue weighted by Gasteiger charge is -2.02. The Morgan fingerprint density at radius 1 is 1.17 bits per heavy atom. The molecule has 0 spiro atoms. The standard InChI is InChI=1S/C12H24/c1-4-5-6-7-8-11-9-12(11)10(2)3/h10-12H,4-9H2,1-3H3. The van der Waals surface area contributed by atoms with E-state index < -0.39 is 0 Å². The highest BCUT2D eigenvalue weighted by atomic mass is 14.4. The van der Waals surface area contributed by atoms with Crippen LogP contribution in [0.5, 0.6) is 0 Å². The quantitative estimate of drug-likeness (QED) is 0.520. The SMILES string of the molecule is CCCCCCC1CC1C(C)C. The minimum Gasteiger partial charge on any atom is -0.0654 e. The molecule has 1 fully saturated rings. The van der Waals surface area contributed by atoms with E-state index in [4.69, 9.17) is 0 Å². The molecule has 0 aromatic rings. The summed E-state index contributed by atoms with van der Waals surface area (Å²) in [6.07, 6.45) is 8.82. The van der Waals surface area contributed by atoms with Gasteiger partial charge in [-0.25, -0.2) is 0 Å². The van der Waals surface area contributed by atoms with E-state index in [1.807, 2.05) is 0 Å². The van der Waals surface area contributed by atoms with E-state index in [0.717, 1.165) is 17.8 Å². The molecule has 2 unspecified atom stereocenters. The van der Waals surface area contributed by atoms with Crippen molar-refractivity contribution in [2.24, 2.45) is 17.8 Å². The van der Waals surface area contributed by atoms with E-state index in [1.165, 1.54) is 38.5 Å². The smallest absolute Gasteiger partial charge is 0.0360 e. The van der Waals surface area contributed by atoms with E-state index in [-0.39, 0.29) is 0 Å². The maximum absolute atomic E-state index is 2.37. The molecule has 0 N–H and O–H groups in total. The Labute approximate surface area is 77.7 Å². The largest absolute Gasteiger partial charge is 0.0654 e. The zero-order valence-corrected chi connectivity index (χ0v) is 8.97. The maximum Gasteiger partial charge on any atom is -0.0360 e. The van der Waals surface area contributed by atoms with E-state index in [9.17, 15) is 0 Å². The molecule has 0 radical (unpaired) electrons. The summed E-state index contributed by atoms with van der Waals surface area (Å²) in [5.41, 5.74) is 0. The number of unbranched alkanes of at least 4 members (excludes halogenated alkanes) is 3. The molecule has 1 saturated carbocycles. The van der Waals surface area contributed by atoms with Gasteiger partial charge in [0.25, 0.3) is 0 Å². The van der Waals surface area contributed by atoms with Crippen molar-refractivity contribution < 1.29 is 0 Å². The summed E-state index contributed by atoms with van der Waals surface area (Å²) < 4.78 is 0. The summed E-state index contributed by atoms with van der Waals surface area (Å²) in [6.45, 7) is 7.03. The molecule has 0 saturated heterocycles. The molecule has 12 heavy (non-hydrogen) atoms. The van der Waals surface area contributed by atoms with Crippen LogP contribution in [0.1, 0.15) is 59.3 Å². The van der Waals surface area contributed by atoms with Gasteiger partial charge in [-0.3, -0.25) is 0 Å². The Kier molecular flexibility index (Phi) is 4.11. The molecule has 1 rings (SSSR count).